The summed E-state index contributed by atoms with van der Waals surface area (Å²) in [6.07, 6.45) is -7.66. The number of hydrogen-bond donors (Lipinski definition) is 9. The molecule has 0 aromatic heterocycles. The first-order valence-electron chi connectivity index (χ1n) is 7.88. The van der Waals surface area contributed by atoms with E-state index < -0.39 is 60.5 Å². The van der Waals surface area contributed by atoms with E-state index in [1.165, 1.54) is 0 Å². The molecule has 9 nitrogen and oxygen atoms in total. The van der Waals surface area contributed by atoms with Gasteiger partial charge in [-0.25, -0.2) is 0 Å². The molecule has 9 heteroatoms. The van der Waals surface area contributed by atoms with Gasteiger partial charge in [0.25, 0.3) is 0 Å². The summed E-state index contributed by atoms with van der Waals surface area (Å²) in [5.41, 5.74) is 0. The summed E-state index contributed by atoms with van der Waals surface area (Å²) in [5, 5.41) is 80.9. The molecule has 0 amide bonds. The van der Waals surface area contributed by atoms with Crippen molar-refractivity contribution in [3.05, 3.63) is 0 Å². The summed E-state index contributed by atoms with van der Waals surface area (Å²) in [5.74, 6) is -1.26. The van der Waals surface area contributed by atoms with Gasteiger partial charge in [-0.3, -0.25) is 0 Å². The third-order valence-electron chi connectivity index (χ3n) is 5.20. The number of aliphatic hydroxyl groups is 8. The van der Waals surface area contributed by atoms with E-state index in [9.17, 15) is 40.9 Å². The van der Waals surface area contributed by atoms with Gasteiger partial charge < -0.3 is 46.2 Å². The highest BCUT2D eigenvalue weighted by molar-refractivity contribution is 5.01. The fourth-order valence-electron chi connectivity index (χ4n) is 3.62. The highest BCUT2D eigenvalue weighted by Gasteiger charge is 2.47. The molecule has 0 aromatic carbocycles. The Morgan fingerprint density at radius 2 is 0.913 bits per heavy atom. The van der Waals surface area contributed by atoms with E-state index in [1.807, 2.05) is 0 Å². The number of nitrogens with one attached hydrogen (secondary N) is 1. The third-order valence-corrected chi connectivity index (χ3v) is 5.20. The van der Waals surface area contributed by atoms with Crippen molar-refractivity contribution < 1.29 is 40.9 Å². The molecule has 2 fully saturated rings. The Morgan fingerprint density at radius 3 is 1.22 bits per heavy atom. The minimum Gasteiger partial charge on any atom is -0.396 e. The molecule has 0 aromatic rings. The van der Waals surface area contributed by atoms with E-state index in [4.69, 9.17) is 0 Å². The van der Waals surface area contributed by atoms with Gasteiger partial charge in [-0.2, -0.15) is 0 Å². The fraction of sp³-hybridized carbons (Fsp3) is 1.00. The fourth-order valence-corrected chi connectivity index (χ4v) is 3.62. The van der Waals surface area contributed by atoms with Gasteiger partial charge in [-0.05, 0) is 12.8 Å². The van der Waals surface area contributed by atoms with Crippen LogP contribution in [0.15, 0.2) is 0 Å². The van der Waals surface area contributed by atoms with Gasteiger partial charge in [-0.15, -0.1) is 0 Å². The highest BCUT2D eigenvalue weighted by atomic mass is 16.4. The van der Waals surface area contributed by atoms with Gasteiger partial charge in [0.05, 0.1) is 24.4 Å². The standard InChI is InChI=1S/C14H27NO8/c16-3-5-1-7(11(20)13(22)9(5)18)15-8-2-6(4-17)10(19)14(23)12(8)21/h5-23H,1-4H2/t5-,6-,7+,8+,9-,10-,11+,12+,13+,14+/m1/s1. The van der Waals surface area contributed by atoms with Crippen LogP contribution < -0.4 is 5.32 Å². The van der Waals surface area contributed by atoms with Crippen LogP contribution in [0.5, 0.6) is 0 Å². The molecular weight excluding hydrogens is 310 g/mol. The second-order valence-corrected chi connectivity index (χ2v) is 6.68. The Bertz CT molecular complexity index is 348. The number of rotatable bonds is 4. The zero-order chi connectivity index (χ0) is 17.3. The van der Waals surface area contributed by atoms with Crippen LogP contribution in [0.25, 0.3) is 0 Å². The molecule has 23 heavy (non-hydrogen) atoms. The van der Waals surface area contributed by atoms with Crippen molar-refractivity contribution in [2.45, 2.75) is 61.5 Å². The summed E-state index contributed by atoms with van der Waals surface area (Å²) in [4.78, 5) is 0. The molecule has 0 bridgehead atoms. The molecule has 136 valence electrons. The molecule has 0 saturated heterocycles. The van der Waals surface area contributed by atoms with Crippen LogP contribution in [-0.2, 0) is 0 Å². The van der Waals surface area contributed by atoms with Crippen LogP contribution >= 0.6 is 0 Å². The Balaban J connectivity index is 2.07. The molecule has 0 spiro atoms. The zero-order valence-corrected chi connectivity index (χ0v) is 12.7. The summed E-state index contributed by atoms with van der Waals surface area (Å²) in [6, 6.07) is -1.43. The normalized spacial score (nSPS) is 51.7. The highest BCUT2D eigenvalue weighted by Crippen LogP contribution is 2.30. The van der Waals surface area contributed by atoms with Gasteiger partial charge in [0.2, 0.25) is 0 Å². The lowest BCUT2D eigenvalue weighted by Crippen LogP contribution is -2.65. The topological polar surface area (TPSA) is 174 Å². The second kappa shape index (κ2) is 7.68. The molecule has 2 aliphatic rings. The third kappa shape index (κ3) is 3.68. The van der Waals surface area contributed by atoms with E-state index in [2.05, 4.69) is 5.32 Å². The SMILES string of the molecule is OC[C@H]1C[C@H](N[C@H]2C[C@H](CO)[C@@H](O)[C@H](O)[C@H]2O)[C@H](O)[C@@H](O)[C@@H]1O. The van der Waals surface area contributed by atoms with Crippen LogP contribution in [-0.4, -0.2) is 103 Å². The van der Waals surface area contributed by atoms with Crippen molar-refractivity contribution in [2.75, 3.05) is 13.2 Å². The first-order chi connectivity index (χ1) is 10.8. The maximum absolute atomic E-state index is 10.1. The van der Waals surface area contributed by atoms with Crippen molar-refractivity contribution in [1.29, 1.82) is 0 Å². The summed E-state index contributed by atoms with van der Waals surface area (Å²) in [7, 11) is 0. The minimum absolute atomic E-state index is 0.168. The molecule has 0 unspecified atom stereocenters. The van der Waals surface area contributed by atoms with E-state index >= 15 is 0 Å². The quantitative estimate of drug-likeness (QED) is 0.245. The van der Waals surface area contributed by atoms with Gasteiger partial charge in [-0.1, -0.05) is 0 Å². The Morgan fingerprint density at radius 1 is 0.565 bits per heavy atom. The lowest BCUT2D eigenvalue weighted by atomic mass is 9.76. The molecular formula is C14H27NO8. The van der Waals surface area contributed by atoms with Crippen molar-refractivity contribution >= 4 is 0 Å². The first kappa shape index (κ1) is 19.0. The molecule has 2 rings (SSSR count). The van der Waals surface area contributed by atoms with Crippen LogP contribution in [0.3, 0.4) is 0 Å². The maximum atomic E-state index is 10.1. The summed E-state index contributed by atoms with van der Waals surface area (Å²) in [6.45, 7) is -0.728. The van der Waals surface area contributed by atoms with Crippen LogP contribution in [0, 0.1) is 11.8 Å². The summed E-state index contributed by atoms with van der Waals surface area (Å²) >= 11 is 0. The van der Waals surface area contributed by atoms with Gasteiger partial charge in [0.1, 0.15) is 12.2 Å². The Labute approximate surface area is 133 Å². The van der Waals surface area contributed by atoms with Gasteiger partial charge in [0.15, 0.2) is 0 Å². The minimum atomic E-state index is -1.44. The maximum Gasteiger partial charge on any atom is 0.108 e. The van der Waals surface area contributed by atoms with Crippen molar-refractivity contribution in [1.82, 2.24) is 5.32 Å². The van der Waals surface area contributed by atoms with E-state index in [1.54, 1.807) is 0 Å². The van der Waals surface area contributed by atoms with E-state index in [0.717, 1.165) is 0 Å². The second-order valence-electron chi connectivity index (χ2n) is 6.68. The molecule has 10 atom stereocenters. The van der Waals surface area contributed by atoms with Crippen LogP contribution in [0.2, 0.25) is 0 Å². The summed E-state index contributed by atoms with van der Waals surface area (Å²) < 4.78 is 0. The van der Waals surface area contributed by atoms with Gasteiger partial charge >= 0.3 is 0 Å². The molecule has 9 N–H and O–H groups in total. The van der Waals surface area contributed by atoms with Crippen LogP contribution in [0.1, 0.15) is 12.8 Å². The van der Waals surface area contributed by atoms with E-state index in [0.29, 0.717) is 0 Å². The average Bonchev–Trinajstić information content (AvgIpc) is 2.55. The Kier molecular flexibility index (Phi) is 6.34. The zero-order valence-electron chi connectivity index (χ0n) is 12.7. The van der Waals surface area contributed by atoms with Gasteiger partial charge in [0, 0.05) is 37.1 Å². The molecule has 0 heterocycles. The predicted octanol–water partition coefficient (Wildman–Crippen LogP) is -4.50. The predicted molar refractivity (Wildman–Crippen MR) is 77.1 cm³/mol. The molecule has 0 aliphatic heterocycles. The van der Waals surface area contributed by atoms with E-state index in [-0.39, 0.29) is 26.1 Å². The number of hydrogen-bond acceptors (Lipinski definition) is 9. The van der Waals surface area contributed by atoms with Crippen molar-refractivity contribution in [3.8, 4) is 0 Å². The monoisotopic (exact) mass is 337 g/mol. The van der Waals surface area contributed by atoms with Crippen LogP contribution in [0.4, 0.5) is 0 Å². The molecule has 2 aliphatic carbocycles. The lowest BCUT2D eigenvalue weighted by molar-refractivity contribution is -0.150. The van der Waals surface area contributed by atoms with Crippen molar-refractivity contribution in [2.24, 2.45) is 11.8 Å². The largest absolute Gasteiger partial charge is 0.396 e. The first-order valence-corrected chi connectivity index (χ1v) is 7.88. The number of aliphatic hydroxyl groups excluding tert-OH is 8. The Hall–Kier alpha value is -0.360. The lowest BCUT2D eigenvalue weighted by Gasteiger charge is -2.45. The smallest absolute Gasteiger partial charge is 0.108 e. The molecule has 2 saturated carbocycles. The molecule has 0 radical (unpaired) electrons. The van der Waals surface area contributed by atoms with Crippen molar-refractivity contribution in [3.63, 3.8) is 0 Å². The average molecular weight is 337 g/mol.